The van der Waals surface area contributed by atoms with E-state index in [0.717, 1.165) is 17.3 Å². The number of amides is 2. The fourth-order valence-corrected chi connectivity index (χ4v) is 3.35. The zero-order valence-corrected chi connectivity index (χ0v) is 15.2. The monoisotopic (exact) mass is 369 g/mol. The number of ether oxygens (including phenoxy) is 2. The summed E-state index contributed by atoms with van der Waals surface area (Å²) in [4.78, 5) is 26.3. The van der Waals surface area contributed by atoms with Gasteiger partial charge in [0.2, 0.25) is 0 Å². The first kappa shape index (κ1) is 18.1. The van der Waals surface area contributed by atoms with E-state index in [1.54, 1.807) is 6.08 Å². The third-order valence-electron chi connectivity index (χ3n) is 3.71. The minimum Gasteiger partial charge on any atom is -0.493 e. The van der Waals surface area contributed by atoms with Crippen molar-refractivity contribution in [3.63, 3.8) is 0 Å². The molecular formula is C20H19NO4S. The van der Waals surface area contributed by atoms with Crippen LogP contribution in [0.4, 0.5) is 4.79 Å². The van der Waals surface area contributed by atoms with Crippen LogP contribution in [0.2, 0.25) is 0 Å². The maximum atomic E-state index is 12.6. The van der Waals surface area contributed by atoms with Gasteiger partial charge in [0.25, 0.3) is 11.1 Å². The first-order chi connectivity index (χ1) is 12.7. The zero-order chi connectivity index (χ0) is 18.4. The highest BCUT2D eigenvalue weighted by atomic mass is 32.2. The van der Waals surface area contributed by atoms with E-state index in [9.17, 15) is 9.59 Å². The van der Waals surface area contributed by atoms with Gasteiger partial charge in [-0.2, -0.15) is 0 Å². The Kier molecular flexibility index (Phi) is 5.96. The van der Waals surface area contributed by atoms with Gasteiger partial charge < -0.3 is 9.47 Å². The van der Waals surface area contributed by atoms with Crippen molar-refractivity contribution in [1.29, 1.82) is 0 Å². The summed E-state index contributed by atoms with van der Waals surface area (Å²) in [5.74, 6) is 1.10. The lowest BCUT2D eigenvalue weighted by Gasteiger charge is -2.13. The fraction of sp³-hybridized carbons (Fsp3) is 0.200. The van der Waals surface area contributed by atoms with Crippen molar-refractivity contribution in [2.24, 2.45) is 0 Å². The predicted octanol–water partition coefficient (Wildman–Crippen LogP) is 4.20. The van der Waals surface area contributed by atoms with Gasteiger partial charge in [0.05, 0.1) is 18.1 Å². The van der Waals surface area contributed by atoms with Crippen molar-refractivity contribution in [1.82, 2.24) is 4.90 Å². The van der Waals surface area contributed by atoms with Crippen LogP contribution < -0.4 is 9.47 Å². The molecule has 1 saturated heterocycles. The molecule has 0 spiro atoms. The summed E-state index contributed by atoms with van der Waals surface area (Å²) in [6.45, 7) is 2.90. The number of rotatable bonds is 7. The van der Waals surface area contributed by atoms with Crippen LogP contribution in [-0.4, -0.2) is 35.8 Å². The molecule has 2 amide bonds. The molecule has 1 heterocycles. The molecule has 1 fully saturated rings. The van der Waals surface area contributed by atoms with E-state index in [1.165, 1.54) is 4.90 Å². The van der Waals surface area contributed by atoms with E-state index in [2.05, 4.69) is 0 Å². The number of carbonyl (C=O) groups excluding carboxylic acids is 2. The van der Waals surface area contributed by atoms with Gasteiger partial charge in [-0.05, 0) is 43.0 Å². The third kappa shape index (κ3) is 4.26. The highest BCUT2D eigenvalue weighted by Crippen LogP contribution is 2.33. The second-order valence-electron chi connectivity index (χ2n) is 5.47. The molecule has 0 radical (unpaired) electrons. The molecule has 0 saturated carbocycles. The maximum absolute atomic E-state index is 12.6. The molecule has 1 aliphatic rings. The highest BCUT2D eigenvalue weighted by Gasteiger charge is 2.34. The Morgan fingerprint density at radius 3 is 2.50 bits per heavy atom. The number of hydrogen-bond donors (Lipinski definition) is 0. The molecule has 134 valence electrons. The number of carbonyl (C=O) groups is 2. The van der Waals surface area contributed by atoms with Gasteiger partial charge in [-0.3, -0.25) is 14.5 Å². The molecule has 6 heteroatoms. The average Bonchev–Trinajstić information content (AvgIpc) is 2.92. The van der Waals surface area contributed by atoms with Gasteiger partial charge in [-0.1, -0.05) is 36.4 Å². The van der Waals surface area contributed by atoms with Crippen LogP contribution >= 0.6 is 11.8 Å². The first-order valence-corrected chi connectivity index (χ1v) is 9.15. The Morgan fingerprint density at radius 2 is 1.73 bits per heavy atom. The maximum Gasteiger partial charge on any atom is 0.293 e. The molecule has 0 unspecified atom stereocenters. The van der Waals surface area contributed by atoms with Crippen molar-refractivity contribution in [3.05, 3.63) is 65.1 Å². The van der Waals surface area contributed by atoms with E-state index in [4.69, 9.17) is 9.47 Å². The van der Waals surface area contributed by atoms with Crippen LogP contribution in [0, 0.1) is 0 Å². The Hall–Kier alpha value is -2.73. The number of thioether (sulfide) groups is 1. The summed E-state index contributed by atoms with van der Waals surface area (Å²) < 4.78 is 11.1. The van der Waals surface area contributed by atoms with Gasteiger partial charge in [0.1, 0.15) is 18.1 Å². The van der Waals surface area contributed by atoms with Crippen LogP contribution in [0.25, 0.3) is 6.08 Å². The molecule has 1 aliphatic heterocycles. The molecule has 2 aromatic rings. The van der Waals surface area contributed by atoms with Gasteiger partial charge in [0.15, 0.2) is 0 Å². The van der Waals surface area contributed by atoms with Crippen LogP contribution in [0.3, 0.4) is 0 Å². The SMILES string of the molecule is CCOc1ccccc1/C=C1\SC(=O)N(CCOc2ccccc2)C1=O. The molecule has 0 aromatic heterocycles. The molecule has 3 rings (SSSR count). The summed E-state index contributed by atoms with van der Waals surface area (Å²) >= 11 is 0.937. The zero-order valence-electron chi connectivity index (χ0n) is 14.4. The number of hydrogen-bond acceptors (Lipinski definition) is 5. The van der Waals surface area contributed by atoms with Crippen molar-refractivity contribution in [2.45, 2.75) is 6.92 Å². The van der Waals surface area contributed by atoms with Crippen molar-refractivity contribution in [3.8, 4) is 11.5 Å². The molecule has 0 aliphatic carbocycles. The second kappa shape index (κ2) is 8.58. The summed E-state index contributed by atoms with van der Waals surface area (Å²) in [5, 5.41) is -0.285. The van der Waals surface area contributed by atoms with Crippen LogP contribution in [0.15, 0.2) is 59.5 Å². The van der Waals surface area contributed by atoms with E-state index in [0.29, 0.717) is 23.0 Å². The highest BCUT2D eigenvalue weighted by molar-refractivity contribution is 8.18. The molecule has 0 N–H and O–H groups in total. The summed E-state index contributed by atoms with van der Waals surface area (Å²) in [5.41, 5.74) is 0.778. The normalized spacial score (nSPS) is 15.6. The largest absolute Gasteiger partial charge is 0.493 e. The Labute approximate surface area is 156 Å². The van der Waals surface area contributed by atoms with Crippen molar-refractivity contribution < 1.29 is 19.1 Å². The van der Waals surface area contributed by atoms with Crippen LogP contribution in [0.1, 0.15) is 12.5 Å². The number of imide groups is 1. The minimum atomic E-state index is -0.303. The average molecular weight is 369 g/mol. The van der Waals surface area contributed by atoms with Crippen molar-refractivity contribution in [2.75, 3.05) is 19.8 Å². The standard InChI is InChI=1S/C20H19NO4S/c1-2-24-17-11-7-6-8-15(17)14-18-19(22)21(20(23)26-18)12-13-25-16-9-4-3-5-10-16/h3-11,14H,2,12-13H2,1H3/b18-14-. The summed E-state index contributed by atoms with van der Waals surface area (Å²) in [7, 11) is 0. The minimum absolute atomic E-state index is 0.212. The topological polar surface area (TPSA) is 55.8 Å². The smallest absolute Gasteiger partial charge is 0.293 e. The Morgan fingerprint density at radius 1 is 1.00 bits per heavy atom. The Bertz CT molecular complexity index is 820. The summed E-state index contributed by atoms with van der Waals surface area (Å²) in [6, 6.07) is 16.7. The third-order valence-corrected chi connectivity index (χ3v) is 4.61. The predicted molar refractivity (Wildman–Crippen MR) is 102 cm³/mol. The van der Waals surface area contributed by atoms with Crippen LogP contribution in [0.5, 0.6) is 11.5 Å². The lowest BCUT2D eigenvalue weighted by Crippen LogP contribution is -2.32. The fourth-order valence-electron chi connectivity index (χ4n) is 2.49. The van der Waals surface area contributed by atoms with E-state index >= 15 is 0 Å². The van der Waals surface area contributed by atoms with Gasteiger partial charge >= 0.3 is 0 Å². The molecule has 2 aromatic carbocycles. The van der Waals surface area contributed by atoms with Gasteiger partial charge in [0, 0.05) is 5.56 Å². The quantitative estimate of drug-likeness (QED) is 0.685. The second-order valence-corrected chi connectivity index (χ2v) is 6.46. The van der Waals surface area contributed by atoms with Crippen LogP contribution in [-0.2, 0) is 4.79 Å². The molecule has 5 nitrogen and oxygen atoms in total. The number of nitrogens with zero attached hydrogens (tertiary/aromatic N) is 1. The van der Waals surface area contributed by atoms with Gasteiger partial charge in [-0.25, -0.2) is 0 Å². The number of benzene rings is 2. The van der Waals surface area contributed by atoms with Gasteiger partial charge in [-0.15, -0.1) is 0 Å². The van der Waals surface area contributed by atoms with E-state index in [1.807, 2.05) is 61.5 Å². The van der Waals surface area contributed by atoms with Crippen molar-refractivity contribution >= 4 is 29.0 Å². The molecule has 0 atom stereocenters. The lowest BCUT2D eigenvalue weighted by atomic mass is 10.2. The molecule has 26 heavy (non-hydrogen) atoms. The summed E-state index contributed by atoms with van der Waals surface area (Å²) in [6.07, 6.45) is 1.70. The van der Waals surface area contributed by atoms with E-state index < -0.39 is 0 Å². The van der Waals surface area contributed by atoms with E-state index in [-0.39, 0.29) is 24.3 Å². The Balaban J connectivity index is 1.67. The molecule has 0 bridgehead atoms. The number of para-hydroxylation sites is 2. The molecular weight excluding hydrogens is 350 g/mol. The lowest BCUT2D eigenvalue weighted by molar-refractivity contribution is -0.123. The first-order valence-electron chi connectivity index (χ1n) is 8.34.